The van der Waals surface area contributed by atoms with E-state index in [2.05, 4.69) is 6.07 Å². The Kier molecular flexibility index (Phi) is 4.13. The number of nitrogens with zero attached hydrogens (tertiary/aromatic N) is 3. The van der Waals surface area contributed by atoms with Gasteiger partial charge in [-0.15, -0.1) is 0 Å². The van der Waals surface area contributed by atoms with Gasteiger partial charge in [0.1, 0.15) is 0 Å². The minimum Gasteiger partial charge on any atom is -0.365 e. The highest BCUT2D eigenvalue weighted by atomic mass is 35.5. The topological polar surface area (TPSA) is 70.2 Å². The van der Waals surface area contributed by atoms with Gasteiger partial charge < -0.3 is 4.90 Å². The molecular formula is C12H11Cl2N3O2. The maximum absolute atomic E-state index is 10.7. The Labute approximate surface area is 120 Å². The highest BCUT2D eigenvalue weighted by molar-refractivity contribution is 6.39. The van der Waals surface area contributed by atoms with E-state index in [1.54, 1.807) is 0 Å². The number of hydrogen-bond acceptors (Lipinski definition) is 4. The number of nitriles is 1. The van der Waals surface area contributed by atoms with Crippen LogP contribution in [0.4, 0.5) is 11.4 Å². The number of non-ortho nitro benzene ring substituents is 1. The van der Waals surface area contributed by atoms with Crippen molar-refractivity contribution in [2.24, 2.45) is 0 Å². The Morgan fingerprint density at radius 2 is 2.00 bits per heavy atom. The van der Waals surface area contributed by atoms with E-state index in [-0.39, 0.29) is 15.7 Å². The predicted octanol–water partition coefficient (Wildman–Crippen LogP) is 3.78. The van der Waals surface area contributed by atoms with E-state index in [0.717, 1.165) is 12.8 Å². The predicted molar refractivity (Wildman–Crippen MR) is 73.7 cm³/mol. The van der Waals surface area contributed by atoms with Crippen molar-refractivity contribution in [1.82, 2.24) is 0 Å². The van der Waals surface area contributed by atoms with Gasteiger partial charge in [-0.2, -0.15) is 5.26 Å². The smallest absolute Gasteiger partial charge is 0.272 e. The molecule has 1 fully saturated rings. The van der Waals surface area contributed by atoms with Crippen molar-refractivity contribution in [3.8, 4) is 6.07 Å². The summed E-state index contributed by atoms with van der Waals surface area (Å²) in [7, 11) is 0. The van der Waals surface area contributed by atoms with Crippen LogP contribution in [-0.4, -0.2) is 17.5 Å². The van der Waals surface area contributed by atoms with Gasteiger partial charge >= 0.3 is 0 Å². The number of benzene rings is 1. The van der Waals surface area contributed by atoms with Crippen LogP contribution in [0.5, 0.6) is 0 Å². The van der Waals surface area contributed by atoms with Crippen LogP contribution in [0.25, 0.3) is 0 Å². The van der Waals surface area contributed by atoms with Crippen LogP contribution >= 0.6 is 23.2 Å². The Bertz CT molecular complexity index is 529. The average Bonchev–Trinajstić information content (AvgIpc) is 3.16. The van der Waals surface area contributed by atoms with Crippen LogP contribution in [-0.2, 0) is 0 Å². The second-order valence-corrected chi connectivity index (χ2v) is 5.16. The molecule has 1 aromatic rings. The maximum atomic E-state index is 10.7. The van der Waals surface area contributed by atoms with Crippen molar-refractivity contribution in [2.45, 2.75) is 25.3 Å². The van der Waals surface area contributed by atoms with Crippen LogP contribution in [0.15, 0.2) is 12.1 Å². The third-order valence-electron chi connectivity index (χ3n) is 2.95. The molecule has 5 nitrogen and oxygen atoms in total. The van der Waals surface area contributed by atoms with Gasteiger partial charge in [-0.3, -0.25) is 10.1 Å². The van der Waals surface area contributed by atoms with Crippen molar-refractivity contribution in [3.63, 3.8) is 0 Å². The summed E-state index contributed by atoms with van der Waals surface area (Å²) in [5.74, 6) is 0. The molecular weight excluding hydrogens is 289 g/mol. The largest absolute Gasteiger partial charge is 0.365 e. The lowest BCUT2D eigenvalue weighted by molar-refractivity contribution is -0.384. The first-order valence-electron chi connectivity index (χ1n) is 5.81. The second-order valence-electron chi connectivity index (χ2n) is 4.35. The maximum Gasteiger partial charge on any atom is 0.272 e. The van der Waals surface area contributed by atoms with Crippen molar-refractivity contribution >= 4 is 34.6 Å². The number of nitro groups is 1. The van der Waals surface area contributed by atoms with E-state index in [1.165, 1.54) is 12.1 Å². The quantitative estimate of drug-likeness (QED) is 0.613. The molecule has 0 amide bonds. The molecule has 0 aliphatic heterocycles. The summed E-state index contributed by atoms with van der Waals surface area (Å²) in [5, 5.41) is 19.9. The lowest BCUT2D eigenvalue weighted by atomic mass is 10.2. The molecule has 0 spiro atoms. The van der Waals surface area contributed by atoms with Crippen LogP contribution in [0.1, 0.15) is 19.3 Å². The first-order valence-corrected chi connectivity index (χ1v) is 6.57. The third kappa shape index (κ3) is 3.09. The van der Waals surface area contributed by atoms with Gasteiger partial charge in [0.15, 0.2) is 0 Å². The van der Waals surface area contributed by atoms with Crippen molar-refractivity contribution < 1.29 is 4.92 Å². The number of nitro benzene ring substituents is 1. The number of halogens is 2. The molecule has 1 aliphatic rings. The molecule has 7 heteroatoms. The molecule has 0 N–H and O–H groups in total. The van der Waals surface area contributed by atoms with Crippen LogP contribution in [0.3, 0.4) is 0 Å². The summed E-state index contributed by atoms with van der Waals surface area (Å²) in [6.45, 7) is 0.526. The number of hydrogen-bond donors (Lipinski definition) is 0. The number of anilines is 1. The summed E-state index contributed by atoms with van der Waals surface area (Å²) in [4.78, 5) is 12.2. The standard InChI is InChI=1S/C12H11Cl2N3O2/c13-10-6-9(17(18)19)7-11(14)12(10)16(5-1-4-15)8-2-3-8/h6-8H,1-3,5H2. The average molecular weight is 300 g/mol. The van der Waals surface area contributed by atoms with E-state index in [0.29, 0.717) is 24.7 Å². The highest BCUT2D eigenvalue weighted by Crippen LogP contribution is 2.42. The molecule has 1 saturated carbocycles. The van der Waals surface area contributed by atoms with Crippen molar-refractivity contribution in [2.75, 3.05) is 11.4 Å². The van der Waals surface area contributed by atoms with Gasteiger partial charge in [-0.25, -0.2) is 0 Å². The van der Waals surface area contributed by atoms with Gasteiger partial charge in [0.2, 0.25) is 0 Å². The van der Waals surface area contributed by atoms with E-state index in [9.17, 15) is 10.1 Å². The minimum absolute atomic E-state index is 0.130. The Hall–Kier alpha value is -1.51. The van der Waals surface area contributed by atoms with Gasteiger partial charge in [0.05, 0.1) is 33.1 Å². The zero-order valence-corrected chi connectivity index (χ0v) is 11.5. The van der Waals surface area contributed by atoms with E-state index in [1.807, 2.05) is 4.90 Å². The first-order chi connectivity index (χ1) is 9.04. The molecule has 100 valence electrons. The molecule has 0 atom stereocenters. The van der Waals surface area contributed by atoms with Gasteiger partial charge in [0.25, 0.3) is 5.69 Å². The summed E-state index contributed by atoms with van der Waals surface area (Å²) in [5.41, 5.74) is 0.460. The third-order valence-corrected chi connectivity index (χ3v) is 3.53. The zero-order chi connectivity index (χ0) is 14.0. The number of rotatable bonds is 5. The van der Waals surface area contributed by atoms with E-state index in [4.69, 9.17) is 28.5 Å². The first kappa shape index (κ1) is 13.9. The fourth-order valence-electron chi connectivity index (χ4n) is 1.97. The zero-order valence-electron chi connectivity index (χ0n) is 9.97. The summed E-state index contributed by atoms with van der Waals surface area (Å²) < 4.78 is 0. The molecule has 0 radical (unpaired) electrons. The molecule has 0 heterocycles. The van der Waals surface area contributed by atoms with E-state index < -0.39 is 4.92 Å². The second kappa shape index (κ2) is 5.64. The SMILES string of the molecule is N#CCCN(c1c(Cl)cc([N+](=O)[O-])cc1Cl)C1CC1. The molecule has 2 rings (SSSR count). The van der Waals surface area contributed by atoms with Gasteiger partial charge in [-0.05, 0) is 12.8 Å². The minimum atomic E-state index is -0.529. The van der Waals surface area contributed by atoms with E-state index >= 15 is 0 Å². The van der Waals surface area contributed by atoms with Crippen molar-refractivity contribution in [3.05, 3.63) is 32.3 Å². The molecule has 1 aliphatic carbocycles. The Morgan fingerprint density at radius 3 is 2.42 bits per heavy atom. The highest BCUT2D eigenvalue weighted by Gasteiger charge is 2.32. The lowest BCUT2D eigenvalue weighted by Gasteiger charge is -2.25. The summed E-state index contributed by atoms with van der Waals surface area (Å²) >= 11 is 12.2. The van der Waals surface area contributed by atoms with Gasteiger partial charge in [0, 0.05) is 24.7 Å². The molecule has 1 aromatic carbocycles. The summed E-state index contributed by atoms with van der Waals surface area (Å²) in [6.07, 6.45) is 2.41. The van der Waals surface area contributed by atoms with Crippen LogP contribution in [0.2, 0.25) is 10.0 Å². The van der Waals surface area contributed by atoms with Crippen LogP contribution in [0, 0.1) is 21.4 Å². The normalized spacial score (nSPS) is 13.9. The molecule has 0 unspecified atom stereocenters. The van der Waals surface area contributed by atoms with Crippen molar-refractivity contribution in [1.29, 1.82) is 5.26 Å². The van der Waals surface area contributed by atoms with Crippen LogP contribution < -0.4 is 4.90 Å². The molecule has 0 bridgehead atoms. The van der Waals surface area contributed by atoms with Gasteiger partial charge in [-0.1, -0.05) is 23.2 Å². The molecule has 0 aromatic heterocycles. The Morgan fingerprint density at radius 1 is 1.42 bits per heavy atom. The fourth-order valence-corrected chi connectivity index (χ4v) is 2.66. The summed E-state index contributed by atoms with van der Waals surface area (Å²) in [6, 6.07) is 5.00. The lowest BCUT2D eigenvalue weighted by Crippen LogP contribution is -2.27. The monoisotopic (exact) mass is 299 g/mol. The Balaban J connectivity index is 2.37. The fraction of sp³-hybridized carbons (Fsp3) is 0.417. The molecule has 19 heavy (non-hydrogen) atoms. The molecule has 0 saturated heterocycles.